The Morgan fingerprint density at radius 2 is 2.24 bits per heavy atom. The lowest BCUT2D eigenvalue weighted by atomic mass is 10.2. The van der Waals surface area contributed by atoms with Gasteiger partial charge in [0.05, 0.1) is 0 Å². The van der Waals surface area contributed by atoms with Gasteiger partial charge in [0.15, 0.2) is 5.76 Å². The van der Waals surface area contributed by atoms with Gasteiger partial charge in [-0.15, -0.1) is 0 Å². The lowest BCUT2D eigenvalue weighted by molar-refractivity contribution is 0.0942. The van der Waals surface area contributed by atoms with Crippen molar-refractivity contribution < 1.29 is 9.21 Å². The number of hydrogen-bond acceptors (Lipinski definition) is 4. The van der Waals surface area contributed by atoms with Gasteiger partial charge < -0.3 is 4.42 Å². The number of benzene rings is 1. The van der Waals surface area contributed by atoms with E-state index in [9.17, 15) is 4.79 Å². The van der Waals surface area contributed by atoms with Gasteiger partial charge in [0, 0.05) is 5.39 Å². The predicted octanol–water partition coefficient (Wildman–Crippen LogP) is 1.91. The number of fused-ring (bicyclic) bond motifs is 1. The van der Waals surface area contributed by atoms with E-state index in [-0.39, 0.29) is 12.3 Å². The van der Waals surface area contributed by atoms with E-state index < -0.39 is 0 Å². The van der Waals surface area contributed by atoms with Crippen LogP contribution >= 0.6 is 0 Å². The normalized spacial score (nSPS) is 10.8. The summed E-state index contributed by atoms with van der Waals surface area (Å²) < 4.78 is 6.94. The molecule has 0 saturated carbocycles. The number of nitrogens with zero attached hydrogens (tertiary/aromatic N) is 3. The van der Waals surface area contributed by atoms with Crippen molar-refractivity contribution in [1.29, 1.82) is 0 Å². The molecule has 84 valence electrons. The fraction of sp³-hybridized carbons (Fsp3) is 0.0833. The Morgan fingerprint density at radius 3 is 3.00 bits per heavy atom. The van der Waals surface area contributed by atoms with Crippen LogP contribution in [0.1, 0.15) is 10.6 Å². The Kier molecular flexibility index (Phi) is 2.22. The molecule has 3 aromatic rings. The third-order valence-corrected chi connectivity index (χ3v) is 2.47. The van der Waals surface area contributed by atoms with Crippen molar-refractivity contribution in [2.45, 2.75) is 6.54 Å². The molecule has 5 nitrogen and oxygen atoms in total. The summed E-state index contributed by atoms with van der Waals surface area (Å²) in [6.45, 7) is 0.139. The predicted molar refractivity (Wildman–Crippen MR) is 60.6 cm³/mol. The molecule has 0 amide bonds. The fourth-order valence-electron chi connectivity index (χ4n) is 1.66. The Balaban J connectivity index is 1.90. The molecular formula is C12H9N3O2. The molecule has 1 aromatic carbocycles. The highest BCUT2D eigenvalue weighted by molar-refractivity contribution is 5.97. The van der Waals surface area contributed by atoms with E-state index in [4.69, 9.17) is 4.42 Å². The average Bonchev–Trinajstić information content (AvgIpc) is 2.96. The van der Waals surface area contributed by atoms with E-state index >= 15 is 0 Å². The van der Waals surface area contributed by atoms with Crippen LogP contribution in [-0.2, 0) is 6.54 Å². The van der Waals surface area contributed by atoms with Crippen molar-refractivity contribution in [3.63, 3.8) is 0 Å². The number of para-hydroxylation sites is 1. The summed E-state index contributed by atoms with van der Waals surface area (Å²) in [4.78, 5) is 15.7. The highest BCUT2D eigenvalue weighted by Gasteiger charge is 2.12. The summed E-state index contributed by atoms with van der Waals surface area (Å²) in [6, 6.07) is 9.27. The van der Waals surface area contributed by atoms with Crippen LogP contribution < -0.4 is 0 Å². The number of carbonyl (C=O) groups is 1. The Hall–Kier alpha value is -2.43. The molecule has 5 heteroatoms. The SMILES string of the molecule is O=C(Cn1cncn1)c1cc2ccccc2o1. The first kappa shape index (κ1) is 9.77. The molecule has 2 heterocycles. The van der Waals surface area contributed by atoms with E-state index in [1.54, 1.807) is 6.07 Å². The molecule has 0 aliphatic rings. The zero-order valence-corrected chi connectivity index (χ0v) is 8.91. The maximum Gasteiger partial charge on any atom is 0.219 e. The van der Waals surface area contributed by atoms with Gasteiger partial charge in [-0.1, -0.05) is 18.2 Å². The summed E-state index contributed by atoms with van der Waals surface area (Å²) >= 11 is 0. The average molecular weight is 227 g/mol. The minimum Gasteiger partial charge on any atom is -0.453 e. The van der Waals surface area contributed by atoms with Gasteiger partial charge in [-0.3, -0.25) is 4.79 Å². The smallest absolute Gasteiger partial charge is 0.219 e. The quantitative estimate of drug-likeness (QED) is 0.641. The van der Waals surface area contributed by atoms with E-state index in [0.29, 0.717) is 5.76 Å². The zero-order valence-electron chi connectivity index (χ0n) is 8.91. The number of Topliss-reactive ketones (excluding diaryl/α,β-unsaturated/α-hetero) is 1. The first-order valence-corrected chi connectivity index (χ1v) is 5.17. The van der Waals surface area contributed by atoms with Crippen molar-refractivity contribution >= 4 is 16.8 Å². The zero-order chi connectivity index (χ0) is 11.7. The summed E-state index contributed by atoms with van der Waals surface area (Å²) in [5.74, 6) is 0.230. The largest absolute Gasteiger partial charge is 0.453 e. The molecule has 0 N–H and O–H groups in total. The Bertz CT molecular complexity index is 622. The molecule has 0 fully saturated rings. The Labute approximate surface area is 96.7 Å². The van der Waals surface area contributed by atoms with Gasteiger partial charge in [-0.05, 0) is 12.1 Å². The first-order valence-electron chi connectivity index (χ1n) is 5.17. The van der Waals surface area contributed by atoms with Crippen LogP contribution in [0.25, 0.3) is 11.0 Å². The van der Waals surface area contributed by atoms with Crippen molar-refractivity contribution in [3.05, 3.63) is 48.7 Å². The van der Waals surface area contributed by atoms with E-state index in [1.807, 2.05) is 24.3 Å². The molecule has 0 atom stereocenters. The first-order chi connectivity index (χ1) is 8.33. The second-order valence-electron chi connectivity index (χ2n) is 3.66. The van der Waals surface area contributed by atoms with Crippen LogP contribution in [0.4, 0.5) is 0 Å². The van der Waals surface area contributed by atoms with Crippen molar-refractivity contribution in [2.75, 3.05) is 0 Å². The second-order valence-corrected chi connectivity index (χ2v) is 3.66. The van der Waals surface area contributed by atoms with Crippen LogP contribution in [0.2, 0.25) is 0 Å². The Morgan fingerprint density at radius 1 is 1.35 bits per heavy atom. The fourth-order valence-corrected chi connectivity index (χ4v) is 1.66. The number of aromatic nitrogens is 3. The van der Waals surface area contributed by atoms with Crippen LogP contribution in [0.5, 0.6) is 0 Å². The molecule has 3 rings (SSSR count). The molecular weight excluding hydrogens is 218 g/mol. The third-order valence-electron chi connectivity index (χ3n) is 2.47. The molecule has 0 saturated heterocycles. The number of ketones is 1. The maximum atomic E-state index is 11.9. The number of carbonyl (C=O) groups excluding carboxylic acids is 1. The highest BCUT2D eigenvalue weighted by Crippen LogP contribution is 2.19. The monoisotopic (exact) mass is 227 g/mol. The number of hydrogen-bond donors (Lipinski definition) is 0. The van der Waals surface area contributed by atoms with Crippen LogP contribution in [0, 0.1) is 0 Å². The molecule has 0 aliphatic heterocycles. The molecule has 2 aromatic heterocycles. The summed E-state index contributed by atoms with van der Waals surface area (Å²) in [6.07, 6.45) is 2.90. The van der Waals surface area contributed by atoms with E-state index in [1.165, 1.54) is 17.3 Å². The van der Waals surface area contributed by atoms with Gasteiger partial charge in [-0.25, -0.2) is 9.67 Å². The third kappa shape index (κ3) is 1.82. The lowest BCUT2D eigenvalue weighted by Gasteiger charge is -1.95. The van der Waals surface area contributed by atoms with Gasteiger partial charge >= 0.3 is 0 Å². The van der Waals surface area contributed by atoms with Gasteiger partial charge in [0.25, 0.3) is 0 Å². The minimum atomic E-state index is -0.119. The van der Waals surface area contributed by atoms with Crippen molar-refractivity contribution in [3.8, 4) is 0 Å². The molecule has 0 bridgehead atoms. The molecule has 0 radical (unpaired) electrons. The minimum absolute atomic E-state index is 0.119. The van der Waals surface area contributed by atoms with E-state index in [2.05, 4.69) is 10.1 Å². The van der Waals surface area contributed by atoms with Gasteiger partial charge in [0.2, 0.25) is 5.78 Å². The summed E-state index contributed by atoms with van der Waals surface area (Å²) in [5, 5.41) is 4.80. The lowest BCUT2D eigenvalue weighted by Crippen LogP contribution is -2.09. The second kappa shape index (κ2) is 3.86. The molecule has 0 unspecified atom stereocenters. The molecule has 0 spiro atoms. The maximum absolute atomic E-state index is 11.9. The number of rotatable bonds is 3. The van der Waals surface area contributed by atoms with Crippen LogP contribution in [0.15, 0.2) is 47.4 Å². The van der Waals surface area contributed by atoms with Crippen LogP contribution in [-0.4, -0.2) is 20.5 Å². The molecule has 17 heavy (non-hydrogen) atoms. The van der Waals surface area contributed by atoms with Crippen molar-refractivity contribution in [2.24, 2.45) is 0 Å². The summed E-state index contributed by atoms with van der Waals surface area (Å²) in [5.41, 5.74) is 0.717. The van der Waals surface area contributed by atoms with Gasteiger partial charge in [-0.2, -0.15) is 5.10 Å². The number of furan rings is 1. The summed E-state index contributed by atoms with van der Waals surface area (Å²) in [7, 11) is 0. The van der Waals surface area contributed by atoms with Crippen molar-refractivity contribution in [1.82, 2.24) is 14.8 Å². The van der Waals surface area contributed by atoms with E-state index in [0.717, 1.165) is 11.0 Å². The highest BCUT2D eigenvalue weighted by atomic mass is 16.3. The topological polar surface area (TPSA) is 60.9 Å². The molecule has 0 aliphatic carbocycles. The van der Waals surface area contributed by atoms with Gasteiger partial charge in [0.1, 0.15) is 24.8 Å². The standard InChI is InChI=1S/C12H9N3O2/c16-10(6-15-8-13-7-14-15)12-5-9-3-1-2-4-11(9)17-12/h1-5,7-8H,6H2. The van der Waals surface area contributed by atoms with Crippen LogP contribution in [0.3, 0.4) is 0 Å².